The van der Waals surface area contributed by atoms with Gasteiger partial charge in [-0.3, -0.25) is 9.59 Å². The molecule has 2 rings (SSSR count). The maximum Gasteiger partial charge on any atom is 0.246 e. The van der Waals surface area contributed by atoms with Crippen LogP contribution in [-0.4, -0.2) is 36.3 Å². The zero-order chi connectivity index (χ0) is 16.8. The molecule has 1 saturated heterocycles. The number of allylic oxidation sites excluding steroid dienone is 1. The molecule has 0 aromatic heterocycles. The molecule has 1 aromatic carbocycles. The topological polar surface area (TPSA) is 49.4 Å². The minimum atomic E-state index is -0.283. The molecule has 2 amide bonds. The molecule has 1 heterocycles. The van der Waals surface area contributed by atoms with Gasteiger partial charge in [0.05, 0.1) is 0 Å². The SMILES string of the molecule is CC(=O)NCC1CCN(C(=O)/C=C(\C)c2ccc(F)cc2)CC1. The minimum absolute atomic E-state index is 0.00944. The lowest BCUT2D eigenvalue weighted by Gasteiger charge is -2.31. The Kier molecular flexibility index (Phi) is 5.90. The first-order chi connectivity index (χ1) is 11.0. The zero-order valence-corrected chi connectivity index (χ0v) is 13.6. The number of hydrogen-bond donors (Lipinski definition) is 1. The van der Waals surface area contributed by atoms with Gasteiger partial charge in [0, 0.05) is 32.6 Å². The van der Waals surface area contributed by atoms with Crippen LogP contribution < -0.4 is 5.32 Å². The lowest BCUT2D eigenvalue weighted by molar-refractivity contribution is -0.127. The van der Waals surface area contributed by atoms with Crippen LogP contribution in [0.15, 0.2) is 30.3 Å². The van der Waals surface area contributed by atoms with Crippen molar-refractivity contribution >= 4 is 17.4 Å². The largest absolute Gasteiger partial charge is 0.356 e. The molecule has 0 saturated carbocycles. The molecule has 1 N–H and O–H groups in total. The van der Waals surface area contributed by atoms with E-state index in [0.29, 0.717) is 25.6 Å². The first kappa shape index (κ1) is 17.2. The molecular formula is C18H23FN2O2. The normalized spacial score (nSPS) is 16.3. The number of hydrogen-bond acceptors (Lipinski definition) is 2. The summed E-state index contributed by atoms with van der Waals surface area (Å²) in [6, 6.07) is 6.14. The van der Waals surface area contributed by atoms with Crippen molar-refractivity contribution in [2.45, 2.75) is 26.7 Å². The molecule has 1 aromatic rings. The third kappa shape index (κ3) is 5.20. The highest BCUT2D eigenvalue weighted by Crippen LogP contribution is 2.19. The maximum atomic E-state index is 12.9. The third-order valence-electron chi connectivity index (χ3n) is 4.21. The molecule has 1 fully saturated rings. The summed E-state index contributed by atoms with van der Waals surface area (Å²) in [6.45, 7) is 5.46. The molecule has 0 bridgehead atoms. The summed E-state index contributed by atoms with van der Waals surface area (Å²) in [5.74, 6) is 0.130. The summed E-state index contributed by atoms with van der Waals surface area (Å²) < 4.78 is 12.9. The number of nitrogens with zero attached hydrogens (tertiary/aromatic N) is 1. The van der Waals surface area contributed by atoms with Crippen molar-refractivity contribution in [3.05, 3.63) is 41.7 Å². The number of halogens is 1. The first-order valence-corrected chi connectivity index (χ1v) is 7.93. The summed E-state index contributed by atoms with van der Waals surface area (Å²) in [5, 5.41) is 2.83. The van der Waals surface area contributed by atoms with Gasteiger partial charge in [0.15, 0.2) is 0 Å². The Balaban J connectivity index is 1.88. The highest BCUT2D eigenvalue weighted by Gasteiger charge is 2.21. The van der Waals surface area contributed by atoms with Gasteiger partial charge in [-0.25, -0.2) is 4.39 Å². The van der Waals surface area contributed by atoms with E-state index in [0.717, 1.165) is 24.0 Å². The molecule has 0 aliphatic carbocycles. The monoisotopic (exact) mass is 318 g/mol. The van der Waals surface area contributed by atoms with Gasteiger partial charge in [0.25, 0.3) is 0 Å². The maximum absolute atomic E-state index is 12.9. The van der Waals surface area contributed by atoms with Gasteiger partial charge in [-0.2, -0.15) is 0 Å². The van der Waals surface area contributed by atoms with Crippen LogP contribution in [0.1, 0.15) is 32.3 Å². The van der Waals surface area contributed by atoms with Crippen molar-refractivity contribution in [3.63, 3.8) is 0 Å². The average Bonchev–Trinajstić information content (AvgIpc) is 2.54. The van der Waals surface area contributed by atoms with Gasteiger partial charge in [-0.1, -0.05) is 12.1 Å². The van der Waals surface area contributed by atoms with Crippen molar-refractivity contribution in [2.24, 2.45) is 5.92 Å². The molecule has 4 nitrogen and oxygen atoms in total. The predicted octanol–water partition coefficient (Wildman–Crippen LogP) is 2.60. The number of amides is 2. The highest BCUT2D eigenvalue weighted by atomic mass is 19.1. The van der Waals surface area contributed by atoms with Crippen LogP contribution in [0.2, 0.25) is 0 Å². The van der Waals surface area contributed by atoms with E-state index in [1.807, 2.05) is 11.8 Å². The first-order valence-electron chi connectivity index (χ1n) is 7.93. The molecule has 5 heteroatoms. The highest BCUT2D eigenvalue weighted by molar-refractivity contribution is 5.94. The number of benzene rings is 1. The Bertz CT molecular complexity index is 588. The number of carbonyl (C=O) groups excluding carboxylic acids is 2. The van der Waals surface area contributed by atoms with E-state index in [-0.39, 0.29) is 17.6 Å². The second kappa shape index (κ2) is 7.90. The quantitative estimate of drug-likeness (QED) is 0.868. The van der Waals surface area contributed by atoms with Crippen LogP contribution in [0.5, 0.6) is 0 Å². The summed E-state index contributed by atoms with van der Waals surface area (Å²) in [5.41, 5.74) is 1.68. The van der Waals surface area contributed by atoms with Crippen LogP contribution >= 0.6 is 0 Å². The number of carbonyl (C=O) groups is 2. The van der Waals surface area contributed by atoms with Crippen LogP contribution in [0.4, 0.5) is 4.39 Å². The van der Waals surface area contributed by atoms with Gasteiger partial charge in [-0.05, 0) is 49.0 Å². The van der Waals surface area contributed by atoms with Crippen molar-refractivity contribution in [1.29, 1.82) is 0 Å². The fourth-order valence-electron chi connectivity index (χ4n) is 2.72. The van der Waals surface area contributed by atoms with Crippen molar-refractivity contribution in [2.75, 3.05) is 19.6 Å². The molecule has 0 spiro atoms. The van der Waals surface area contributed by atoms with Gasteiger partial charge in [0.2, 0.25) is 11.8 Å². The van der Waals surface area contributed by atoms with Crippen molar-refractivity contribution in [1.82, 2.24) is 10.2 Å². The van der Waals surface area contributed by atoms with Crippen LogP contribution in [0.25, 0.3) is 5.57 Å². The lowest BCUT2D eigenvalue weighted by atomic mass is 9.96. The second-order valence-electron chi connectivity index (χ2n) is 6.04. The van der Waals surface area contributed by atoms with E-state index < -0.39 is 0 Å². The second-order valence-corrected chi connectivity index (χ2v) is 6.04. The van der Waals surface area contributed by atoms with Crippen molar-refractivity contribution < 1.29 is 14.0 Å². The lowest BCUT2D eigenvalue weighted by Crippen LogP contribution is -2.40. The van der Waals surface area contributed by atoms with E-state index in [9.17, 15) is 14.0 Å². The zero-order valence-electron chi connectivity index (χ0n) is 13.6. The van der Waals surface area contributed by atoms with Crippen molar-refractivity contribution in [3.8, 4) is 0 Å². The van der Waals surface area contributed by atoms with E-state index in [1.165, 1.54) is 19.1 Å². The minimum Gasteiger partial charge on any atom is -0.356 e. The van der Waals surface area contributed by atoms with Crippen LogP contribution in [0.3, 0.4) is 0 Å². The van der Waals surface area contributed by atoms with Gasteiger partial charge >= 0.3 is 0 Å². The summed E-state index contributed by atoms with van der Waals surface area (Å²) in [7, 11) is 0. The number of likely N-dealkylation sites (tertiary alicyclic amines) is 1. The van der Waals surface area contributed by atoms with Crippen LogP contribution in [0, 0.1) is 11.7 Å². The van der Waals surface area contributed by atoms with Crippen LogP contribution in [-0.2, 0) is 9.59 Å². The molecular weight excluding hydrogens is 295 g/mol. The molecule has 0 radical (unpaired) electrons. The Morgan fingerprint density at radius 2 is 1.83 bits per heavy atom. The number of rotatable bonds is 4. The fourth-order valence-corrected chi connectivity index (χ4v) is 2.72. The molecule has 124 valence electrons. The Labute approximate surface area is 136 Å². The fraction of sp³-hybridized carbons (Fsp3) is 0.444. The summed E-state index contributed by atoms with van der Waals surface area (Å²) in [4.78, 5) is 25.1. The van der Waals surface area contributed by atoms with E-state index in [1.54, 1.807) is 18.2 Å². The number of piperidine rings is 1. The third-order valence-corrected chi connectivity index (χ3v) is 4.21. The van der Waals surface area contributed by atoms with E-state index in [2.05, 4.69) is 5.32 Å². The standard InChI is InChI=1S/C18H23FN2O2/c1-13(16-3-5-17(19)6-4-16)11-18(23)21-9-7-15(8-10-21)12-20-14(2)22/h3-6,11,15H,7-10,12H2,1-2H3,(H,20,22)/b13-11+. The van der Waals surface area contributed by atoms with E-state index >= 15 is 0 Å². The number of nitrogens with one attached hydrogen (secondary N) is 1. The summed E-state index contributed by atoms with van der Waals surface area (Å²) in [6.07, 6.45) is 3.41. The smallest absolute Gasteiger partial charge is 0.246 e. The summed E-state index contributed by atoms with van der Waals surface area (Å²) >= 11 is 0. The molecule has 0 unspecified atom stereocenters. The molecule has 0 atom stereocenters. The molecule has 1 aliphatic heterocycles. The van der Waals surface area contributed by atoms with E-state index in [4.69, 9.17) is 0 Å². The van der Waals surface area contributed by atoms with Gasteiger partial charge < -0.3 is 10.2 Å². The predicted molar refractivity (Wildman–Crippen MR) is 88.0 cm³/mol. The Morgan fingerprint density at radius 3 is 2.39 bits per heavy atom. The molecule has 1 aliphatic rings. The Morgan fingerprint density at radius 1 is 1.22 bits per heavy atom. The Hall–Kier alpha value is -2.17. The average molecular weight is 318 g/mol. The van der Waals surface area contributed by atoms with Gasteiger partial charge in [0.1, 0.15) is 5.82 Å². The molecule has 23 heavy (non-hydrogen) atoms. The van der Waals surface area contributed by atoms with Gasteiger partial charge in [-0.15, -0.1) is 0 Å².